The summed E-state index contributed by atoms with van der Waals surface area (Å²) in [7, 11) is 0. The van der Waals surface area contributed by atoms with Crippen molar-refractivity contribution in [3.63, 3.8) is 0 Å². The molecule has 0 saturated heterocycles. The smallest absolute Gasteiger partial charge is 0.347 e. The van der Waals surface area contributed by atoms with E-state index in [0.29, 0.717) is 30.9 Å². The Morgan fingerprint density at radius 2 is 2.14 bits per heavy atom. The Hall–Kier alpha value is -2.38. The van der Waals surface area contributed by atoms with E-state index in [4.69, 9.17) is 5.11 Å². The number of hydrogen-bond acceptors (Lipinski definition) is 5. The molecule has 0 spiro atoms. The average molecular weight is 307 g/mol. The minimum Gasteiger partial charge on any atom is -0.481 e. The lowest BCUT2D eigenvalue weighted by atomic mass is 9.93. The van der Waals surface area contributed by atoms with Crippen molar-refractivity contribution in [3.05, 3.63) is 22.4 Å². The highest BCUT2D eigenvalue weighted by Gasteiger charge is 2.19. The van der Waals surface area contributed by atoms with Gasteiger partial charge in [-0.1, -0.05) is 20.8 Å². The molecule has 0 amide bonds. The quantitative estimate of drug-likeness (QED) is 0.695. The summed E-state index contributed by atoms with van der Waals surface area (Å²) in [6.45, 7) is 6.62. The number of hydrogen-bond donors (Lipinski definition) is 3. The van der Waals surface area contributed by atoms with E-state index >= 15 is 0 Å². The second kappa shape index (κ2) is 6.17. The summed E-state index contributed by atoms with van der Waals surface area (Å²) in [5.41, 5.74) is 0.703. The fraction of sp³-hybridized carbons (Fsp3) is 0.571. The van der Waals surface area contributed by atoms with Gasteiger partial charge in [0.15, 0.2) is 5.82 Å². The van der Waals surface area contributed by atoms with Gasteiger partial charge in [-0.3, -0.25) is 4.79 Å². The van der Waals surface area contributed by atoms with E-state index in [0.717, 1.165) is 5.69 Å². The molecule has 0 unspecified atom stereocenters. The molecular weight excluding hydrogens is 286 g/mol. The standard InChI is InChI=1S/C14H21N5O3/c1-14(2,3)9-8-19-12(17-18-13(19)22)11(16-9)15-7-5-4-6-10(20)21/h8H,4-7H2,1-3H3,(H,15,16)(H,18,22)(H,20,21). The summed E-state index contributed by atoms with van der Waals surface area (Å²) in [4.78, 5) is 26.8. The number of aliphatic carboxylic acids is 1. The van der Waals surface area contributed by atoms with Gasteiger partial charge in [-0.15, -0.1) is 5.10 Å². The molecule has 8 nitrogen and oxygen atoms in total. The number of nitrogens with zero attached hydrogens (tertiary/aromatic N) is 3. The molecule has 22 heavy (non-hydrogen) atoms. The van der Waals surface area contributed by atoms with Crippen LogP contribution in [0.15, 0.2) is 11.0 Å². The van der Waals surface area contributed by atoms with Gasteiger partial charge in [0.05, 0.1) is 5.69 Å². The minimum atomic E-state index is -0.797. The van der Waals surface area contributed by atoms with E-state index in [2.05, 4.69) is 20.5 Å². The van der Waals surface area contributed by atoms with Gasteiger partial charge in [0, 0.05) is 24.6 Å². The number of carbonyl (C=O) groups is 1. The maximum atomic E-state index is 11.8. The molecule has 0 aliphatic rings. The van der Waals surface area contributed by atoms with Crippen molar-refractivity contribution in [2.45, 2.75) is 45.4 Å². The highest BCUT2D eigenvalue weighted by atomic mass is 16.4. The van der Waals surface area contributed by atoms with E-state index in [-0.39, 0.29) is 17.5 Å². The number of aromatic amines is 1. The first-order chi connectivity index (χ1) is 10.3. The predicted molar refractivity (Wildman–Crippen MR) is 82.3 cm³/mol. The summed E-state index contributed by atoms with van der Waals surface area (Å²) in [5, 5.41) is 18.1. The van der Waals surface area contributed by atoms with Crippen LogP contribution >= 0.6 is 0 Å². The molecule has 0 aromatic carbocycles. The Labute approximate surface area is 127 Å². The molecule has 0 atom stereocenters. The lowest BCUT2D eigenvalue weighted by Crippen LogP contribution is -2.19. The molecule has 2 rings (SSSR count). The van der Waals surface area contributed by atoms with E-state index in [9.17, 15) is 9.59 Å². The van der Waals surface area contributed by atoms with Crippen molar-refractivity contribution in [3.8, 4) is 0 Å². The number of unbranched alkanes of at least 4 members (excludes halogenated alkanes) is 1. The number of carboxylic acid groups (broad SMARTS) is 1. The monoisotopic (exact) mass is 307 g/mol. The first-order valence-electron chi connectivity index (χ1n) is 7.23. The van der Waals surface area contributed by atoms with Crippen molar-refractivity contribution in [2.75, 3.05) is 11.9 Å². The largest absolute Gasteiger partial charge is 0.481 e. The molecule has 0 bridgehead atoms. The summed E-state index contributed by atoms with van der Waals surface area (Å²) < 4.78 is 1.44. The zero-order chi connectivity index (χ0) is 16.3. The number of fused-ring (bicyclic) bond motifs is 1. The van der Waals surface area contributed by atoms with Gasteiger partial charge in [0.25, 0.3) is 0 Å². The highest BCUT2D eigenvalue weighted by Crippen LogP contribution is 2.22. The molecule has 3 N–H and O–H groups in total. The highest BCUT2D eigenvalue weighted by molar-refractivity contribution is 5.66. The molecule has 0 aliphatic heterocycles. The Bertz CT molecular complexity index is 726. The molecule has 0 saturated carbocycles. The van der Waals surface area contributed by atoms with E-state index in [1.54, 1.807) is 6.20 Å². The fourth-order valence-corrected chi connectivity index (χ4v) is 2.00. The van der Waals surface area contributed by atoms with Gasteiger partial charge >= 0.3 is 11.7 Å². The third kappa shape index (κ3) is 3.63. The third-order valence-electron chi connectivity index (χ3n) is 3.28. The van der Waals surface area contributed by atoms with Crippen LogP contribution in [-0.2, 0) is 10.2 Å². The van der Waals surface area contributed by atoms with Gasteiger partial charge in [-0.2, -0.15) is 0 Å². The van der Waals surface area contributed by atoms with Gasteiger partial charge in [0.1, 0.15) is 0 Å². The van der Waals surface area contributed by atoms with Crippen LogP contribution in [0.3, 0.4) is 0 Å². The second-order valence-electron chi connectivity index (χ2n) is 6.22. The molecular formula is C14H21N5O3. The van der Waals surface area contributed by atoms with Crippen molar-refractivity contribution in [1.29, 1.82) is 0 Å². The maximum absolute atomic E-state index is 11.8. The number of aromatic nitrogens is 4. The Morgan fingerprint density at radius 1 is 1.41 bits per heavy atom. The van der Waals surface area contributed by atoms with E-state index in [1.807, 2.05) is 20.8 Å². The van der Waals surface area contributed by atoms with Gasteiger partial charge in [-0.25, -0.2) is 19.3 Å². The van der Waals surface area contributed by atoms with Gasteiger partial charge < -0.3 is 10.4 Å². The van der Waals surface area contributed by atoms with Crippen LogP contribution in [0.2, 0.25) is 0 Å². The summed E-state index contributed by atoms with van der Waals surface area (Å²) in [6, 6.07) is 0. The van der Waals surface area contributed by atoms with Crippen LogP contribution in [0.5, 0.6) is 0 Å². The van der Waals surface area contributed by atoms with Crippen LogP contribution in [0.25, 0.3) is 5.65 Å². The first kappa shape index (κ1) is 16.0. The molecule has 0 radical (unpaired) electrons. The number of H-pyrrole nitrogens is 1. The summed E-state index contributed by atoms with van der Waals surface area (Å²) in [6.07, 6.45) is 3.13. The van der Waals surface area contributed by atoms with Gasteiger partial charge in [0.2, 0.25) is 5.65 Å². The Morgan fingerprint density at radius 3 is 2.77 bits per heavy atom. The average Bonchev–Trinajstić information content (AvgIpc) is 2.79. The summed E-state index contributed by atoms with van der Waals surface area (Å²) >= 11 is 0. The Kier molecular flexibility index (Phi) is 4.48. The number of rotatable bonds is 6. The molecule has 0 aliphatic carbocycles. The Balaban J connectivity index is 2.20. The molecule has 2 heterocycles. The van der Waals surface area contributed by atoms with E-state index in [1.165, 1.54) is 4.40 Å². The van der Waals surface area contributed by atoms with Crippen molar-refractivity contribution < 1.29 is 9.90 Å². The first-order valence-corrected chi connectivity index (χ1v) is 7.23. The molecule has 2 aromatic rings. The number of nitrogens with one attached hydrogen (secondary N) is 2. The maximum Gasteiger partial charge on any atom is 0.347 e. The number of anilines is 1. The lowest BCUT2D eigenvalue weighted by Gasteiger charge is -2.19. The third-order valence-corrected chi connectivity index (χ3v) is 3.28. The van der Waals surface area contributed by atoms with Crippen LogP contribution in [-0.4, -0.2) is 37.2 Å². The molecule has 0 fully saturated rings. The molecule has 2 aromatic heterocycles. The van der Waals surface area contributed by atoms with Crippen LogP contribution in [0.1, 0.15) is 45.7 Å². The molecule has 120 valence electrons. The van der Waals surface area contributed by atoms with Crippen LogP contribution in [0.4, 0.5) is 5.82 Å². The van der Waals surface area contributed by atoms with E-state index < -0.39 is 5.97 Å². The van der Waals surface area contributed by atoms with Crippen LogP contribution in [0, 0.1) is 0 Å². The van der Waals surface area contributed by atoms with Crippen LogP contribution < -0.4 is 11.0 Å². The minimum absolute atomic E-state index is 0.147. The van der Waals surface area contributed by atoms with Crippen molar-refractivity contribution in [1.82, 2.24) is 19.6 Å². The SMILES string of the molecule is CC(C)(C)c1cn2c(=O)[nH]nc2c(NCCCCC(=O)O)n1. The zero-order valence-corrected chi connectivity index (χ0v) is 13.0. The molecule has 8 heteroatoms. The topological polar surface area (TPSA) is 112 Å². The number of carboxylic acids is 1. The predicted octanol–water partition coefficient (Wildman–Crippen LogP) is 1.38. The fourth-order valence-electron chi connectivity index (χ4n) is 2.00. The normalized spacial score (nSPS) is 11.8. The lowest BCUT2D eigenvalue weighted by molar-refractivity contribution is -0.137. The summed E-state index contributed by atoms with van der Waals surface area (Å²) in [5.74, 6) is -0.268. The van der Waals surface area contributed by atoms with Crippen molar-refractivity contribution in [2.24, 2.45) is 0 Å². The zero-order valence-electron chi connectivity index (χ0n) is 13.0. The van der Waals surface area contributed by atoms with Gasteiger partial charge in [-0.05, 0) is 12.8 Å². The van der Waals surface area contributed by atoms with Crippen molar-refractivity contribution >= 4 is 17.4 Å². The second-order valence-corrected chi connectivity index (χ2v) is 6.22.